The quantitative estimate of drug-likeness (QED) is 0.388. The fraction of sp³-hybridized carbons (Fsp3) is 0.192. The summed E-state index contributed by atoms with van der Waals surface area (Å²) in [5.41, 5.74) is 18.7. The second-order valence-corrected chi connectivity index (χ2v) is 9.21. The number of anilines is 2. The molecule has 0 bridgehead atoms. The van der Waals surface area contributed by atoms with Gasteiger partial charge in [0.1, 0.15) is 11.6 Å². The molecule has 2 aromatic carbocycles. The van der Waals surface area contributed by atoms with Crippen LogP contribution in [0.5, 0.6) is 0 Å². The monoisotopic (exact) mass is 473 g/mol. The van der Waals surface area contributed by atoms with Crippen LogP contribution >= 0.6 is 11.3 Å². The summed E-state index contributed by atoms with van der Waals surface area (Å²) in [4.78, 5) is 23.0. The number of nitrogens with zero attached hydrogens (tertiary/aromatic N) is 3. The first-order valence-corrected chi connectivity index (χ1v) is 12.0. The molecule has 5 rings (SSSR count). The van der Waals surface area contributed by atoms with Crippen LogP contribution in [0.1, 0.15) is 24.1 Å². The lowest BCUT2D eigenvalue weighted by Gasteiger charge is -2.24. The number of hydrogen-bond acceptors (Lipinski definition) is 6. The highest BCUT2D eigenvalue weighted by atomic mass is 32.1. The summed E-state index contributed by atoms with van der Waals surface area (Å²) in [5.74, 6) is 0.00876. The van der Waals surface area contributed by atoms with Crippen molar-refractivity contribution in [1.82, 2.24) is 14.9 Å². The van der Waals surface area contributed by atoms with Gasteiger partial charge in [-0.1, -0.05) is 24.3 Å². The van der Waals surface area contributed by atoms with E-state index in [1.807, 2.05) is 28.5 Å². The maximum Gasteiger partial charge on any atom is 0.223 e. The number of thiazole rings is 1. The third-order valence-corrected chi connectivity index (χ3v) is 6.86. The average molecular weight is 474 g/mol. The largest absolute Gasteiger partial charge is 0.399 e. The molecular weight excluding hydrogens is 449 g/mol. The molecular formula is C26H24FN5OS. The van der Waals surface area contributed by atoms with E-state index in [2.05, 4.69) is 22.1 Å². The third kappa shape index (κ3) is 4.49. The van der Waals surface area contributed by atoms with Gasteiger partial charge in [-0.3, -0.25) is 4.79 Å². The van der Waals surface area contributed by atoms with Crippen LogP contribution in [0.2, 0.25) is 0 Å². The molecule has 3 heterocycles. The molecule has 0 radical (unpaired) electrons. The van der Waals surface area contributed by atoms with Crippen molar-refractivity contribution in [2.45, 2.75) is 31.8 Å². The molecule has 34 heavy (non-hydrogen) atoms. The molecule has 4 N–H and O–H groups in total. The summed E-state index contributed by atoms with van der Waals surface area (Å²) in [7, 11) is 0. The Hall–Kier alpha value is -3.78. The van der Waals surface area contributed by atoms with Gasteiger partial charge in [-0.25, -0.2) is 14.4 Å². The van der Waals surface area contributed by atoms with Crippen LogP contribution in [0.25, 0.3) is 22.3 Å². The van der Waals surface area contributed by atoms with E-state index in [0.717, 1.165) is 35.2 Å². The first-order chi connectivity index (χ1) is 16.5. The molecule has 1 aliphatic heterocycles. The molecule has 1 atom stereocenters. The predicted molar refractivity (Wildman–Crippen MR) is 133 cm³/mol. The van der Waals surface area contributed by atoms with Crippen LogP contribution in [0.15, 0.2) is 65.6 Å². The van der Waals surface area contributed by atoms with Crippen LogP contribution in [0.4, 0.5) is 15.9 Å². The predicted octanol–water partition coefficient (Wildman–Crippen LogP) is 4.91. The maximum atomic E-state index is 14.5. The standard InChI is InChI=1S/C26H24FN5OS/c27-24-11-19(28)5-7-22(24)23-10-18(12-30-26(23)29)17-3-1-16(2-4-17)9-21-6-8-25(33)32(21)13-20-14-34-15-31-20/h1-5,7,10-12,14-15,21H,6,8-9,13,28H2,(H2,29,30)/t21-/m0/s1. The Labute approximate surface area is 201 Å². The van der Waals surface area contributed by atoms with E-state index in [1.54, 1.807) is 35.2 Å². The highest BCUT2D eigenvalue weighted by Crippen LogP contribution is 2.32. The molecule has 8 heteroatoms. The van der Waals surface area contributed by atoms with Gasteiger partial charge in [0.15, 0.2) is 0 Å². The molecule has 1 aliphatic rings. The Bertz CT molecular complexity index is 1320. The van der Waals surface area contributed by atoms with Gasteiger partial charge < -0.3 is 16.4 Å². The van der Waals surface area contributed by atoms with Crippen molar-refractivity contribution >= 4 is 28.7 Å². The van der Waals surface area contributed by atoms with Crippen molar-refractivity contribution in [2.75, 3.05) is 11.5 Å². The van der Waals surface area contributed by atoms with Crippen molar-refractivity contribution in [1.29, 1.82) is 0 Å². The molecule has 1 amide bonds. The van der Waals surface area contributed by atoms with Crippen LogP contribution in [-0.2, 0) is 17.8 Å². The van der Waals surface area contributed by atoms with E-state index in [-0.39, 0.29) is 17.8 Å². The molecule has 172 valence electrons. The summed E-state index contributed by atoms with van der Waals surface area (Å²) in [5, 5.41) is 1.99. The smallest absolute Gasteiger partial charge is 0.223 e. The normalized spacial score (nSPS) is 15.7. The summed E-state index contributed by atoms with van der Waals surface area (Å²) >= 11 is 1.54. The first-order valence-electron chi connectivity index (χ1n) is 11.0. The van der Waals surface area contributed by atoms with Gasteiger partial charge >= 0.3 is 0 Å². The van der Waals surface area contributed by atoms with Gasteiger partial charge in [0, 0.05) is 46.4 Å². The Kier molecular flexibility index (Phi) is 5.98. The van der Waals surface area contributed by atoms with E-state index in [9.17, 15) is 9.18 Å². The molecule has 2 aromatic heterocycles. The summed E-state index contributed by atoms with van der Waals surface area (Å²) in [6, 6.07) is 14.7. The van der Waals surface area contributed by atoms with E-state index in [0.29, 0.717) is 29.8 Å². The molecule has 0 spiro atoms. The van der Waals surface area contributed by atoms with Crippen LogP contribution in [0, 0.1) is 5.82 Å². The zero-order valence-electron chi connectivity index (χ0n) is 18.4. The van der Waals surface area contributed by atoms with Crippen molar-refractivity contribution in [3.8, 4) is 22.3 Å². The zero-order valence-corrected chi connectivity index (χ0v) is 19.3. The molecule has 4 aromatic rings. The zero-order chi connectivity index (χ0) is 23.7. The third-order valence-electron chi connectivity index (χ3n) is 6.23. The van der Waals surface area contributed by atoms with Gasteiger partial charge in [-0.15, -0.1) is 11.3 Å². The van der Waals surface area contributed by atoms with Crippen molar-refractivity contribution in [2.24, 2.45) is 0 Å². The number of aromatic nitrogens is 2. The Balaban J connectivity index is 1.35. The summed E-state index contributed by atoms with van der Waals surface area (Å²) in [6.07, 6.45) is 3.91. The lowest BCUT2D eigenvalue weighted by atomic mass is 9.98. The number of halogens is 1. The molecule has 0 aliphatic carbocycles. The molecule has 0 unspecified atom stereocenters. The minimum absolute atomic E-state index is 0.165. The van der Waals surface area contributed by atoms with Gasteiger partial charge in [-0.05, 0) is 48.2 Å². The number of nitrogens with two attached hydrogens (primary N) is 2. The van der Waals surface area contributed by atoms with Crippen molar-refractivity contribution < 1.29 is 9.18 Å². The second kappa shape index (κ2) is 9.23. The number of amides is 1. The number of nitrogen functional groups attached to an aromatic ring is 2. The number of hydrogen-bond donors (Lipinski definition) is 2. The number of carbonyl (C=O) groups is 1. The topological polar surface area (TPSA) is 98.1 Å². The number of rotatable bonds is 6. The number of carbonyl (C=O) groups excluding carboxylic acids is 1. The van der Waals surface area contributed by atoms with E-state index in [1.165, 1.54) is 6.07 Å². The van der Waals surface area contributed by atoms with Crippen LogP contribution in [-0.4, -0.2) is 26.8 Å². The fourth-order valence-electron chi connectivity index (χ4n) is 4.42. The number of likely N-dealkylation sites (tertiary alicyclic amines) is 1. The minimum Gasteiger partial charge on any atom is -0.399 e. The number of benzene rings is 2. The second-order valence-electron chi connectivity index (χ2n) is 8.49. The van der Waals surface area contributed by atoms with Gasteiger partial charge in [0.2, 0.25) is 5.91 Å². The number of pyridine rings is 1. The lowest BCUT2D eigenvalue weighted by Crippen LogP contribution is -2.34. The van der Waals surface area contributed by atoms with Gasteiger partial charge in [0.25, 0.3) is 0 Å². The van der Waals surface area contributed by atoms with Crippen LogP contribution < -0.4 is 11.5 Å². The fourth-order valence-corrected chi connectivity index (χ4v) is 4.97. The van der Waals surface area contributed by atoms with Crippen LogP contribution in [0.3, 0.4) is 0 Å². The molecule has 1 saturated heterocycles. The first kappa shape index (κ1) is 22.0. The Morgan fingerprint density at radius 2 is 1.85 bits per heavy atom. The van der Waals surface area contributed by atoms with E-state index in [4.69, 9.17) is 11.5 Å². The Morgan fingerprint density at radius 3 is 2.59 bits per heavy atom. The Morgan fingerprint density at radius 1 is 1.03 bits per heavy atom. The van der Waals surface area contributed by atoms with Gasteiger partial charge in [-0.2, -0.15) is 0 Å². The van der Waals surface area contributed by atoms with Crippen molar-refractivity contribution in [3.63, 3.8) is 0 Å². The lowest BCUT2D eigenvalue weighted by molar-refractivity contribution is -0.129. The summed E-state index contributed by atoms with van der Waals surface area (Å²) < 4.78 is 14.5. The summed E-state index contributed by atoms with van der Waals surface area (Å²) in [6.45, 7) is 0.562. The average Bonchev–Trinajstić information content (AvgIpc) is 3.46. The molecule has 1 fully saturated rings. The SMILES string of the molecule is Nc1ccc(-c2cc(-c3ccc(C[C@@H]4CCC(=O)N4Cc4cscn4)cc3)cnc2N)c(F)c1. The van der Waals surface area contributed by atoms with Gasteiger partial charge in [0.05, 0.1) is 17.7 Å². The highest BCUT2D eigenvalue weighted by molar-refractivity contribution is 7.07. The maximum absolute atomic E-state index is 14.5. The van der Waals surface area contributed by atoms with Crippen molar-refractivity contribution in [3.05, 3.63) is 82.7 Å². The molecule has 0 saturated carbocycles. The minimum atomic E-state index is -0.436. The highest BCUT2D eigenvalue weighted by Gasteiger charge is 2.31. The van der Waals surface area contributed by atoms with E-state index < -0.39 is 5.82 Å². The van der Waals surface area contributed by atoms with E-state index >= 15 is 0 Å². The molecule has 6 nitrogen and oxygen atoms in total.